The van der Waals surface area contributed by atoms with Crippen LogP contribution in [0.25, 0.3) is 22.0 Å². The number of fused-ring (bicyclic) bond motifs is 1. The van der Waals surface area contributed by atoms with Crippen LogP contribution in [-0.4, -0.2) is 30.8 Å². The highest BCUT2D eigenvalue weighted by Crippen LogP contribution is 2.36. The normalized spacial score (nSPS) is 14.4. The van der Waals surface area contributed by atoms with Gasteiger partial charge in [0.05, 0.1) is 6.61 Å². The van der Waals surface area contributed by atoms with Crippen LogP contribution in [0.15, 0.2) is 46.3 Å². The summed E-state index contributed by atoms with van der Waals surface area (Å²) >= 11 is 0. The Morgan fingerprint density at radius 3 is 2.64 bits per heavy atom. The zero-order valence-corrected chi connectivity index (χ0v) is 16.3. The second-order valence-corrected chi connectivity index (χ2v) is 9.13. The van der Waals surface area contributed by atoms with Gasteiger partial charge in [0.1, 0.15) is 17.3 Å². The van der Waals surface area contributed by atoms with Crippen molar-refractivity contribution < 1.29 is 17.5 Å². The summed E-state index contributed by atoms with van der Waals surface area (Å²) in [6.07, 6.45) is 4.79. The van der Waals surface area contributed by atoms with Gasteiger partial charge in [-0.3, -0.25) is 4.79 Å². The lowest BCUT2D eigenvalue weighted by atomic mass is 10.0. The monoisotopic (exact) mass is 402 g/mol. The fourth-order valence-electron chi connectivity index (χ4n) is 3.06. The van der Waals surface area contributed by atoms with Crippen molar-refractivity contribution in [2.75, 3.05) is 12.9 Å². The summed E-state index contributed by atoms with van der Waals surface area (Å²) in [6, 6.07) is 6.86. The van der Waals surface area contributed by atoms with Crippen molar-refractivity contribution in [2.24, 2.45) is 13.0 Å². The molecule has 1 fully saturated rings. The fourth-order valence-corrected chi connectivity index (χ4v) is 3.64. The maximum Gasteiger partial charge on any atom is 0.258 e. The summed E-state index contributed by atoms with van der Waals surface area (Å²) < 4.78 is 45.3. The average molecular weight is 402 g/mol. The highest BCUT2D eigenvalue weighted by atomic mass is 32.2. The van der Waals surface area contributed by atoms with Crippen LogP contribution in [-0.2, 0) is 16.9 Å². The molecule has 6 nitrogen and oxygen atoms in total. The van der Waals surface area contributed by atoms with Gasteiger partial charge in [0.2, 0.25) is 0 Å². The minimum absolute atomic E-state index is 0.111. The molecule has 3 aromatic rings. The lowest BCUT2D eigenvalue weighted by Gasteiger charge is -2.15. The fraction of sp³-hybridized carbons (Fsp3) is 0.300. The summed E-state index contributed by atoms with van der Waals surface area (Å²) in [5.41, 5.74) is 0.432. The lowest BCUT2D eigenvalue weighted by molar-refractivity contribution is 0.299. The van der Waals surface area contributed by atoms with Crippen molar-refractivity contribution in [3.8, 4) is 17.0 Å². The van der Waals surface area contributed by atoms with E-state index in [0.717, 1.165) is 19.1 Å². The number of aromatic nitrogens is 2. The Kier molecular flexibility index (Phi) is 4.45. The number of benzene rings is 1. The highest BCUT2D eigenvalue weighted by Gasteiger charge is 2.24. The van der Waals surface area contributed by atoms with Gasteiger partial charge in [0, 0.05) is 35.8 Å². The first-order valence-electron chi connectivity index (χ1n) is 8.87. The van der Waals surface area contributed by atoms with Gasteiger partial charge in [0.25, 0.3) is 5.56 Å². The molecular formula is C20H19FN2O4S. The van der Waals surface area contributed by atoms with Gasteiger partial charge in [0.15, 0.2) is 14.9 Å². The predicted octanol–water partition coefficient (Wildman–Crippen LogP) is 2.93. The second kappa shape index (κ2) is 6.70. The molecule has 1 aromatic carbocycles. The Morgan fingerprint density at radius 1 is 1.21 bits per heavy atom. The molecular weight excluding hydrogens is 383 g/mol. The van der Waals surface area contributed by atoms with Crippen LogP contribution < -0.4 is 10.3 Å². The number of nitrogens with zero attached hydrogens (tertiary/aromatic N) is 2. The van der Waals surface area contributed by atoms with Gasteiger partial charge >= 0.3 is 0 Å². The van der Waals surface area contributed by atoms with E-state index in [0.29, 0.717) is 34.6 Å². The van der Waals surface area contributed by atoms with Crippen molar-refractivity contribution in [1.29, 1.82) is 0 Å². The summed E-state index contributed by atoms with van der Waals surface area (Å²) in [5.74, 6) is 0.391. The molecule has 0 unspecified atom stereocenters. The number of hydrogen-bond donors (Lipinski definition) is 0. The molecule has 0 atom stereocenters. The van der Waals surface area contributed by atoms with Gasteiger partial charge in [-0.05, 0) is 49.1 Å². The Labute approximate surface area is 161 Å². The molecule has 28 heavy (non-hydrogen) atoms. The number of hydrogen-bond acceptors (Lipinski definition) is 5. The third kappa shape index (κ3) is 3.52. The van der Waals surface area contributed by atoms with E-state index < -0.39 is 15.7 Å². The first kappa shape index (κ1) is 18.6. The van der Waals surface area contributed by atoms with Gasteiger partial charge in [-0.1, -0.05) is 0 Å². The summed E-state index contributed by atoms with van der Waals surface area (Å²) in [4.78, 5) is 16.8. The molecule has 0 spiro atoms. The van der Waals surface area contributed by atoms with Gasteiger partial charge in [-0.15, -0.1) is 0 Å². The number of ether oxygens (including phenoxy) is 1. The minimum atomic E-state index is -3.56. The van der Waals surface area contributed by atoms with E-state index in [-0.39, 0.29) is 16.3 Å². The lowest BCUT2D eigenvalue weighted by Crippen LogP contribution is -2.17. The molecule has 2 aromatic heterocycles. The van der Waals surface area contributed by atoms with Crippen molar-refractivity contribution >= 4 is 20.6 Å². The quantitative estimate of drug-likeness (QED) is 0.656. The molecule has 4 rings (SSSR count). The molecule has 146 valence electrons. The third-order valence-corrected chi connectivity index (χ3v) is 5.77. The smallest absolute Gasteiger partial charge is 0.258 e. The summed E-state index contributed by atoms with van der Waals surface area (Å²) in [7, 11) is -1.97. The van der Waals surface area contributed by atoms with Crippen molar-refractivity contribution in [3.05, 3.63) is 52.7 Å². The minimum Gasteiger partial charge on any atom is -0.491 e. The molecule has 1 aliphatic carbocycles. The maximum atomic E-state index is 13.9. The van der Waals surface area contributed by atoms with E-state index in [9.17, 15) is 17.6 Å². The molecule has 0 radical (unpaired) electrons. The summed E-state index contributed by atoms with van der Waals surface area (Å²) in [5, 5.41) is 0.568. The largest absolute Gasteiger partial charge is 0.491 e. The van der Waals surface area contributed by atoms with Crippen LogP contribution in [0.5, 0.6) is 5.75 Å². The van der Waals surface area contributed by atoms with E-state index in [1.165, 1.54) is 35.0 Å². The molecule has 0 N–H and O–H groups in total. The third-order valence-electron chi connectivity index (χ3n) is 4.78. The molecule has 0 saturated heterocycles. The Balaban J connectivity index is 1.99. The Bertz CT molecular complexity index is 1250. The highest BCUT2D eigenvalue weighted by molar-refractivity contribution is 7.90. The van der Waals surface area contributed by atoms with Crippen LogP contribution in [0.1, 0.15) is 12.8 Å². The van der Waals surface area contributed by atoms with E-state index in [2.05, 4.69) is 4.98 Å². The zero-order valence-electron chi connectivity index (χ0n) is 15.5. The Morgan fingerprint density at radius 2 is 1.96 bits per heavy atom. The standard InChI is InChI=1S/C20H19FN2O4S/c1-23-10-16(15-9-13(21)5-6-14(15)20(23)24)19-17(27-11-12-3-4-12)7-8-18(22-19)28(2,25)26/h5-10,12H,3-4,11H2,1-2H3. The number of aryl methyl sites for hydroxylation is 1. The van der Waals surface area contributed by atoms with Gasteiger partial charge in [-0.2, -0.15) is 0 Å². The number of halogens is 1. The number of rotatable bonds is 5. The van der Waals surface area contributed by atoms with Crippen LogP contribution in [0.3, 0.4) is 0 Å². The molecule has 1 aliphatic rings. The maximum absolute atomic E-state index is 13.9. The van der Waals surface area contributed by atoms with E-state index in [1.54, 1.807) is 13.1 Å². The topological polar surface area (TPSA) is 78.3 Å². The molecule has 0 amide bonds. The molecule has 0 aliphatic heterocycles. The van der Waals surface area contributed by atoms with Crippen LogP contribution >= 0.6 is 0 Å². The number of pyridine rings is 2. The van der Waals surface area contributed by atoms with Crippen molar-refractivity contribution in [1.82, 2.24) is 9.55 Å². The predicted molar refractivity (Wildman–Crippen MR) is 104 cm³/mol. The van der Waals surface area contributed by atoms with Gasteiger partial charge in [-0.25, -0.2) is 17.8 Å². The first-order valence-corrected chi connectivity index (χ1v) is 10.8. The second-order valence-electron chi connectivity index (χ2n) is 7.17. The molecule has 8 heteroatoms. The van der Waals surface area contributed by atoms with Crippen LogP contribution in [0.2, 0.25) is 0 Å². The molecule has 2 heterocycles. The average Bonchev–Trinajstić information content (AvgIpc) is 3.46. The van der Waals surface area contributed by atoms with E-state index >= 15 is 0 Å². The van der Waals surface area contributed by atoms with Crippen LogP contribution in [0, 0.1) is 11.7 Å². The van der Waals surface area contributed by atoms with Crippen molar-refractivity contribution in [2.45, 2.75) is 17.9 Å². The van der Waals surface area contributed by atoms with Crippen molar-refractivity contribution in [3.63, 3.8) is 0 Å². The number of sulfone groups is 1. The zero-order chi connectivity index (χ0) is 20.1. The molecule has 1 saturated carbocycles. The van der Waals surface area contributed by atoms with Gasteiger partial charge < -0.3 is 9.30 Å². The summed E-state index contributed by atoms with van der Waals surface area (Å²) in [6.45, 7) is 0.505. The van der Waals surface area contributed by atoms with E-state index in [1.807, 2.05) is 0 Å². The first-order chi connectivity index (χ1) is 13.2. The van der Waals surface area contributed by atoms with E-state index in [4.69, 9.17) is 4.74 Å². The van der Waals surface area contributed by atoms with Crippen LogP contribution in [0.4, 0.5) is 4.39 Å². The Hall–Kier alpha value is -2.74. The molecule has 0 bridgehead atoms. The SMILES string of the molecule is Cn1cc(-c2nc(S(C)(=O)=O)ccc2OCC2CC2)c2cc(F)ccc2c1=O.